The number of Topliss-reactive ketones (excluding diaryl/α,β-unsaturated/α-hetero) is 2. The maximum Gasteiger partial charge on any atom is 1.00 e. The summed E-state index contributed by atoms with van der Waals surface area (Å²) >= 11 is 0. The van der Waals surface area contributed by atoms with Crippen molar-refractivity contribution in [3.8, 4) is 40.1 Å². The van der Waals surface area contributed by atoms with Crippen LogP contribution in [0.4, 0.5) is 0 Å². The molecule has 17 rings (SSSR count). The summed E-state index contributed by atoms with van der Waals surface area (Å²) < 4.78 is 0. The maximum absolute atomic E-state index is 11.8. The number of carbonyl (C=O) groups is 2. The van der Waals surface area contributed by atoms with Crippen molar-refractivity contribution in [1.82, 2.24) is 50.1 Å². The summed E-state index contributed by atoms with van der Waals surface area (Å²) in [6, 6.07) is 67.2. The van der Waals surface area contributed by atoms with E-state index in [2.05, 4.69) is 123 Å². The number of hydrogen-bond acceptors (Lipinski definition) is 18. The summed E-state index contributed by atoms with van der Waals surface area (Å²) in [6.45, 7) is 0. The van der Waals surface area contributed by atoms with Crippen molar-refractivity contribution in [2.45, 2.75) is 6.42 Å². The molecule has 0 spiro atoms. The van der Waals surface area contributed by atoms with Gasteiger partial charge in [-0.25, -0.2) is 9.97 Å². The molecule has 0 atom stereocenters. The molecule has 8 heterocycles. The van der Waals surface area contributed by atoms with E-state index in [0.29, 0.717) is 39.7 Å². The topological polar surface area (TPSA) is 353 Å². The van der Waals surface area contributed by atoms with Crippen molar-refractivity contribution in [2.24, 2.45) is 46.0 Å². The Labute approximate surface area is 562 Å². The molecule has 454 valence electrons. The second-order valence-corrected chi connectivity index (χ2v) is 20.4. The van der Waals surface area contributed by atoms with Crippen molar-refractivity contribution in [2.75, 3.05) is 0 Å². The van der Waals surface area contributed by atoms with Gasteiger partial charge in [0.15, 0.2) is 5.82 Å². The fraction of sp³-hybridized carbons (Fsp3) is 0.0411. The molecule has 3 aliphatic rings. The standard InChI is InChI=1S/C21H13N3.C19H11N5.C12H6N2O2.C7H9N3.C7H5N.C7H8.H4N2.H3N2.Na/c1-2-6-14(7-3-1)18-11-10-16-15-8-4-12-22-20(15)21-17(19(16)24-18)9-5-13-23-21;1-2-6-12(7-3-1)19-22-17-13-8-4-10-20-15(13)16-14(9-5-11-21-16)18(17)23-24-19;15-11-7-3-1-5-13-9(7)10-8(12(11)16)4-2-6-14-10;8-7(10-9)6-4-2-1-3-5-6;8-6-7-4-2-1-3-5-7;1-2-7-4-3-6(1)5-7;2*1-2;/h1-13H;1-11H;1-6H;1-5H,9H2,(H2,8,10);1-5H;1-4,6-7H,5H2;1-2H2;1H,2H2;/q;;;;;;;-1;+1. The Morgan fingerprint density at radius 3 is 1.30 bits per heavy atom. The minimum Gasteiger partial charge on any atom is -0.615 e. The van der Waals surface area contributed by atoms with Gasteiger partial charge in [0, 0.05) is 80.8 Å². The van der Waals surface area contributed by atoms with Crippen LogP contribution in [0.1, 0.15) is 38.3 Å². The van der Waals surface area contributed by atoms with Crippen molar-refractivity contribution >= 4 is 83.0 Å². The third kappa shape index (κ3) is 15.2. The predicted octanol–water partition coefficient (Wildman–Crippen LogP) is 9.62. The molecule has 6 aromatic carbocycles. The van der Waals surface area contributed by atoms with Crippen LogP contribution in [0.5, 0.6) is 0 Å². The first kappa shape index (κ1) is 66.8. The van der Waals surface area contributed by atoms with Crippen LogP contribution in [0.25, 0.3) is 105 Å². The van der Waals surface area contributed by atoms with E-state index < -0.39 is 11.6 Å². The number of benzene rings is 6. The van der Waals surface area contributed by atoms with Crippen molar-refractivity contribution in [1.29, 1.82) is 5.26 Å². The molecular weight excluding hydrogens is 1180 g/mol. The molecule has 0 fully saturated rings. The first-order chi connectivity index (χ1) is 45.8. The average molecular weight is 1240 g/mol. The van der Waals surface area contributed by atoms with Gasteiger partial charge in [0.05, 0.1) is 56.0 Å². The minimum atomic E-state index is -0.511. The van der Waals surface area contributed by atoms with Gasteiger partial charge in [0.25, 0.3) is 0 Å². The van der Waals surface area contributed by atoms with Crippen molar-refractivity contribution in [3.63, 3.8) is 0 Å². The van der Waals surface area contributed by atoms with Crippen LogP contribution in [0, 0.1) is 23.2 Å². The van der Waals surface area contributed by atoms with Gasteiger partial charge >= 0.3 is 29.6 Å². The third-order valence-electron chi connectivity index (χ3n) is 14.8. The Balaban J connectivity index is 0.000000138. The van der Waals surface area contributed by atoms with E-state index in [1.54, 1.807) is 61.2 Å². The number of nitrogens with one attached hydrogen (secondary N) is 1. The number of rotatable bonds is 3. The zero-order valence-corrected chi connectivity index (χ0v) is 52.8. The van der Waals surface area contributed by atoms with Gasteiger partial charge in [-0.1, -0.05) is 140 Å². The zero-order valence-electron chi connectivity index (χ0n) is 50.8. The molecule has 8 aromatic heterocycles. The van der Waals surface area contributed by atoms with Crippen LogP contribution >= 0.6 is 0 Å². The van der Waals surface area contributed by atoms with Gasteiger partial charge in [-0.05, 0) is 109 Å². The SMILES string of the molecule is C1=CC2C=CC1C2.N#Cc1ccccc1.N/N=C(\N)c1ccccc1.NN.O=C1C(=O)c2cccnc2-c2ncccc21.[NH-]N.[Na+].c1ccc(-c2ccc3c4cccnc4c4ncccc4c3n2)cc1.c1ccc(-c2nnc3c4cccnc4c4ncccc4c3n2)cc1. The summed E-state index contributed by atoms with van der Waals surface area (Å²) in [5.41, 5.74) is 17.7. The smallest absolute Gasteiger partial charge is 0.615 e. The Bertz CT molecular complexity index is 4710. The molecule has 0 amide bonds. The number of hydrazone groups is 1. The fourth-order valence-electron chi connectivity index (χ4n) is 10.5. The zero-order chi connectivity index (χ0) is 64.9. The molecule has 20 nitrogen and oxygen atoms in total. The fourth-order valence-corrected chi connectivity index (χ4v) is 10.5. The number of nitrogens with zero attached hydrogens (tertiary/aromatic N) is 12. The van der Waals surface area contributed by atoms with Gasteiger partial charge in [-0.2, -0.15) is 10.4 Å². The van der Waals surface area contributed by atoms with E-state index in [1.165, 1.54) is 6.42 Å². The summed E-state index contributed by atoms with van der Waals surface area (Å²) in [5.74, 6) is 23.5. The molecule has 0 saturated carbocycles. The molecule has 2 bridgehead atoms. The number of allylic oxidation sites excluding steroid dienone is 4. The number of nitriles is 1. The Kier molecular flexibility index (Phi) is 23.4. The molecule has 3 aliphatic carbocycles. The van der Waals surface area contributed by atoms with Crippen molar-refractivity contribution < 1.29 is 39.1 Å². The number of hydrazine groups is 1. The predicted molar refractivity (Wildman–Crippen MR) is 367 cm³/mol. The summed E-state index contributed by atoms with van der Waals surface area (Å²) in [6.07, 6.45) is 20.9. The molecule has 94 heavy (non-hydrogen) atoms. The van der Waals surface area contributed by atoms with Crippen molar-refractivity contribution in [3.05, 3.63) is 296 Å². The molecule has 0 radical (unpaired) electrons. The van der Waals surface area contributed by atoms with Crippen LogP contribution in [0.15, 0.2) is 273 Å². The first-order valence-corrected chi connectivity index (χ1v) is 29.1. The summed E-state index contributed by atoms with van der Waals surface area (Å²) in [5, 5.41) is 25.5. The maximum atomic E-state index is 11.8. The second kappa shape index (κ2) is 32.9. The van der Waals surface area contributed by atoms with E-state index in [0.717, 1.165) is 99.8 Å². The van der Waals surface area contributed by atoms with Gasteiger partial charge in [-0.15, -0.1) is 10.2 Å². The summed E-state index contributed by atoms with van der Waals surface area (Å²) in [7, 11) is 0. The number of nitrogens with two attached hydrogens (primary N) is 5. The molecule has 11 N–H and O–H groups in total. The Hall–Kier alpha value is -11.6. The monoisotopic (exact) mass is 1240 g/mol. The van der Waals surface area contributed by atoms with Crippen LogP contribution in [-0.2, 0) is 0 Å². The van der Waals surface area contributed by atoms with E-state index in [1.807, 2.05) is 152 Å². The van der Waals surface area contributed by atoms with Crippen LogP contribution in [0.3, 0.4) is 0 Å². The van der Waals surface area contributed by atoms with Crippen LogP contribution < -0.4 is 58.7 Å². The van der Waals surface area contributed by atoms with E-state index in [4.69, 9.17) is 32.6 Å². The largest absolute Gasteiger partial charge is 1.00 e. The van der Waals surface area contributed by atoms with E-state index in [9.17, 15) is 9.59 Å². The van der Waals surface area contributed by atoms with Crippen LogP contribution in [0.2, 0.25) is 0 Å². The number of amidine groups is 1. The molecule has 0 unspecified atom stereocenters. The van der Waals surface area contributed by atoms with Crippen LogP contribution in [-0.4, -0.2) is 67.5 Å². The molecule has 0 saturated heterocycles. The molecule has 21 heteroatoms. The van der Waals surface area contributed by atoms with Gasteiger partial charge in [0.2, 0.25) is 11.6 Å². The van der Waals surface area contributed by atoms with E-state index in [-0.39, 0.29) is 29.6 Å². The average Bonchev–Trinajstić information content (AvgIpc) is 0.853. The minimum absolute atomic E-state index is 0. The van der Waals surface area contributed by atoms with Gasteiger partial charge in [0.1, 0.15) is 28.3 Å². The number of ketones is 2. The Morgan fingerprint density at radius 2 is 0.840 bits per heavy atom. The number of fused-ring (bicyclic) bond motifs is 17. The number of carbonyl (C=O) groups excluding carboxylic acids is 2. The first-order valence-electron chi connectivity index (χ1n) is 29.1. The van der Waals surface area contributed by atoms with Gasteiger partial charge < -0.3 is 23.3 Å². The van der Waals surface area contributed by atoms with E-state index >= 15 is 0 Å². The number of pyridine rings is 7. The normalized spacial score (nSPS) is 13.3. The number of aromatic nitrogens is 10. The number of hydrogen-bond donors (Lipinski definition) is 5. The van der Waals surface area contributed by atoms with Gasteiger partial charge in [-0.3, -0.25) is 51.2 Å². The Morgan fingerprint density at radius 1 is 0.436 bits per heavy atom. The second-order valence-electron chi connectivity index (χ2n) is 20.4. The molecule has 0 aliphatic heterocycles. The quantitative estimate of drug-likeness (QED) is 0.0160. The third-order valence-corrected chi connectivity index (χ3v) is 14.8. The molecular formula is C73H59N18NaO2. The summed E-state index contributed by atoms with van der Waals surface area (Å²) in [4.78, 5) is 59.6. The molecule has 14 aromatic rings.